The molecule has 3 heteroatoms. The molecule has 2 rings (SSSR count). The van der Waals surface area contributed by atoms with Crippen molar-refractivity contribution in [1.29, 1.82) is 0 Å². The Hall–Kier alpha value is -1.48. The van der Waals surface area contributed by atoms with Crippen molar-refractivity contribution in [1.82, 2.24) is 0 Å². The minimum atomic E-state index is 0.718. The first-order chi connectivity index (χ1) is 9.15. The fourth-order valence-corrected chi connectivity index (χ4v) is 2.17. The van der Waals surface area contributed by atoms with Gasteiger partial charge in [0, 0.05) is 10.2 Å². The molecule has 0 unspecified atom stereocenters. The van der Waals surface area contributed by atoms with Gasteiger partial charge in [-0.2, -0.15) is 0 Å². The van der Waals surface area contributed by atoms with Crippen LogP contribution in [0.3, 0.4) is 0 Å². The number of rotatable bonds is 5. The number of aryl methyl sites for hydroxylation is 2. The number of halogens is 1. The molecule has 2 aromatic rings. The first-order valence-electron chi connectivity index (χ1n) is 6.38. The van der Waals surface area contributed by atoms with Gasteiger partial charge in [0.25, 0.3) is 0 Å². The van der Waals surface area contributed by atoms with Gasteiger partial charge < -0.3 is 10.5 Å². The van der Waals surface area contributed by atoms with Crippen molar-refractivity contribution in [2.24, 2.45) is 0 Å². The van der Waals surface area contributed by atoms with E-state index in [-0.39, 0.29) is 0 Å². The van der Waals surface area contributed by atoms with Crippen molar-refractivity contribution >= 4 is 21.6 Å². The van der Waals surface area contributed by atoms with E-state index < -0.39 is 0 Å². The Balaban J connectivity index is 1.79. The van der Waals surface area contributed by atoms with Crippen LogP contribution in [0.2, 0.25) is 0 Å². The van der Waals surface area contributed by atoms with E-state index in [0.717, 1.165) is 35.4 Å². The Morgan fingerprint density at radius 1 is 1.16 bits per heavy atom. The number of benzene rings is 2. The van der Waals surface area contributed by atoms with E-state index in [4.69, 9.17) is 10.5 Å². The van der Waals surface area contributed by atoms with Gasteiger partial charge >= 0.3 is 0 Å². The molecule has 19 heavy (non-hydrogen) atoms. The molecule has 0 saturated carbocycles. The van der Waals surface area contributed by atoms with Gasteiger partial charge in [-0.25, -0.2) is 0 Å². The zero-order valence-corrected chi connectivity index (χ0v) is 12.6. The predicted octanol–water partition coefficient (Wildman–Crippen LogP) is 4.35. The maximum absolute atomic E-state index is 5.75. The standard InChI is InChI=1S/C16H18BrNO/c1-12-10-15(7-8-16(12)17)19-9-3-5-13-4-2-6-14(18)11-13/h2,4,6-8,10-11H,3,5,9,18H2,1H3. The number of ether oxygens (including phenoxy) is 1. The van der Waals surface area contributed by atoms with Crippen molar-refractivity contribution in [2.75, 3.05) is 12.3 Å². The van der Waals surface area contributed by atoms with E-state index in [2.05, 4.69) is 28.9 Å². The summed E-state index contributed by atoms with van der Waals surface area (Å²) in [4.78, 5) is 0. The van der Waals surface area contributed by atoms with E-state index in [1.54, 1.807) is 0 Å². The second-order valence-electron chi connectivity index (χ2n) is 4.61. The lowest BCUT2D eigenvalue weighted by Gasteiger charge is -2.08. The van der Waals surface area contributed by atoms with Gasteiger partial charge in [-0.1, -0.05) is 28.1 Å². The molecule has 2 nitrogen and oxygen atoms in total. The van der Waals surface area contributed by atoms with E-state index in [0.29, 0.717) is 0 Å². The van der Waals surface area contributed by atoms with Crippen LogP contribution in [0.25, 0.3) is 0 Å². The summed E-state index contributed by atoms with van der Waals surface area (Å²) < 4.78 is 6.85. The first kappa shape index (κ1) is 13.9. The summed E-state index contributed by atoms with van der Waals surface area (Å²) in [6.07, 6.45) is 1.97. The third-order valence-corrected chi connectivity index (χ3v) is 3.85. The lowest BCUT2D eigenvalue weighted by molar-refractivity contribution is 0.311. The van der Waals surface area contributed by atoms with Crippen LogP contribution in [-0.4, -0.2) is 6.61 Å². The first-order valence-corrected chi connectivity index (χ1v) is 7.18. The van der Waals surface area contributed by atoms with Crippen LogP contribution >= 0.6 is 15.9 Å². The molecule has 0 saturated heterocycles. The van der Waals surface area contributed by atoms with Crippen LogP contribution in [0.5, 0.6) is 5.75 Å². The molecule has 0 radical (unpaired) electrons. The average Bonchev–Trinajstić information content (AvgIpc) is 2.39. The topological polar surface area (TPSA) is 35.2 Å². The molecule has 100 valence electrons. The fraction of sp³-hybridized carbons (Fsp3) is 0.250. The van der Waals surface area contributed by atoms with Crippen LogP contribution in [0.1, 0.15) is 17.5 Å². The van der Waals surface area contributed by atoms with E-state index >= 15 is 0 Å². The molecular weight excluding hydrogens is 302 g/mol. The minimum Gasteiger partial charge on any atom is -0.494 e. The van der Waals surface area contributed by atoms with Gasteiger partial charge in [-0.15, -0.1) is 0 Å². The Kier molecular flexibility index (Phi) is 4.86. The maximum Gasteiger partial charge on any atom is 0.119 e. The molecular formula is C16H18BrNO. The predicted molar refractivity (Wildman–Crippen MR) is 83.5 cm³/mol. The van der Waals surface area contributed by atoms with Crippen molar-refractivity contribution in [3.8, 4) is 5.75 Å². The number of nitrogens with two attached hydrogens (primary N) is 1. The summed E-state index contributed by atoms with van der Waals surface area (Å²) in [5.41, 5.74) is 9.02. The van der Waals surface area contributed by atoms with E-state index in [1.165, 1.54) is 11.1 Å². The Morgan fingerprint density at radius 2 is 2.00 bits per heavy atom. The highest BCUT2D eigenvalue weighted by molar-refractivity contribution is 9.10. The van der Waals surface area contributed by atoms with Crippen LogP contribution in [-0.2, 0) is 6.42 Å². The number of anilines is 1. The van der Waals surface area contributed by atoms with Crippen molar-refractivity contribution < 1.29 is 4.74 Å². The molecule has 0 fully saturated rings. The molecule has 0 bridgehead atoms. The Morgan fingerprint density at radius 3 is 2.74 bits per heavy atom. The summed E-state index contributed by atoms with van der Waals surface area (Å²) in [6, 6.07) is 14.1. The van der Waals surface area contributed by atoms with Gasteiger partial charge in [0.05, 0.1) is 6.61 Å². The van der Waals surface area contributed by atoms with Gasteiger partial charge in [0.15, 0.2) is 0 Å². The van der Waals surface area contributed by atoms with Crippen LogP contribution in [0.4, 0.5) is 5.69 Å². The average molecular weight is 320 g/mol. The molecule has 2 N–H and O–H groups in total. The Labute approximate surface area is 122 Å². The quantitative estimate of drug-likeness (QED) is 0.656. The summed E-state index contributed by atoms with van der Waals surface area (Å²) in [5, 5.41) is 0. The normalized spacial score (nSPS) is 10.4. The highest BCUT2D eigenvalue weighted by atomic mass is 79.9. The summed E-state index contributed by atoms with van der Waals surface area (Å²) >= 11 is 3.48. The minimum absolute atomic E-state index is 0.718. The van der Waals surface area contributed by atoms with Gasteiger partial charge in [-0.05, 0) is 61.2 Å². The molecule has 0 spiro atoms. The monoisotopic (exact) mass is 319 g/mol. The van der Waals surface area contributed by atoms with E-state index in [1.807, 2.05) is 36.4 Å². The molecule has 0 aliphatic rings. The summed E-state index contributed by atoms with van der Waals surface area (Å²) in [6.45, 7) is 2.78. The molecule has 0 aromatic heterocycles. The zero-order valence-electron chi connectivity index (χ0n) is 11.0. The third kappa shape index (κ3) is 4.28. The second kappa shape index (κ2) is 6.62. The van der Waals surface area contributed by atoms with Crippen molar-refractivity contribution in [3.63, 3.8) is 0 Å². The summed E-state index contributed by atoms with van der Waals surface area (Å²) in [7, 11) is 0. The number of hydrogen-bond donors (Lipinski definition) is 1. The SMILES string of the molecule is Cc1cc(OCCCc2cccc(N)c2)ccc1Br. The van der Waals surface area contributed by atoms with E-state index in [9.17, 15) is 0 Å². The molecule has 0 atom stereocenters. The van der Waals surface area contributed by atoms with Crippen LogP contribution in [0.15, 0.2) is 46.9 Å². The molecule has 0 heterocycles. The maximum atomic E-state index is 5.75. The van der Waals surface area contributed by atoms with Gasteiger partial charge in [0.1, 0.15) is 5.75 Å². The van der Waals surface area contributed by atoms with Crippen LogP contribution < -0.4 is 10.5 Å². The smallest absolute Gasteiger partial charge is 0.119 e. The second-order valence-corrected chi connectivity index (χ2v) is 5.46. The van der Waals surface area contributed by atoms with Gasteiger partial charge in [0.2, 0.25) is 0 Å². The summed E-state index contributed by atoms with van der Waals surface area (Å²) in [5.74, 6) is 0.924. The molecule has 0 amide bonds. The van der Waals surface area contributed by atoms with Crippen molar-refractivity contribution in [2.45, 2.75) is 19.8 Å². The fourth-order valence-electron chi connectivity index (χ4n) is 1.92. The van der Waals surface area contributed by atoms with Crippen LogP contribution in [0, 0.1) is 6.92 Å². The highest BCUT2D eigenvalue weighted by Crippen LogP contribution is 2.21. The largest absolute Gasteiger partial charge is 0.494 e. The highest BCUT2D eigenvalue weighted by Gasteiger charge is 1.99. The van der Waals surface area contributed by atoms with Crippen molar-refractivity contribution in [3.05, 3.63) is 58.1 Å². The number of nitrogen functional groups attached to an aromatic ring is 1. The zero-order chi connectivity index (χ0) is 13.7. The molecule has 0 aliphatic carbocycles. The Bertz CT molecular complexity index is 554. The molecule has 2 aromatic carbocycles. The number of hydrogen-bond acceptors (Lipinski definition) is 2. The lowest BCUT2D eigenvalue weighted by atomic mass is 10.1. The lowest BCUT2D eigenvalue weighted by Crippen LogP contribution is -2.00. The van der Waals surface area contributed by atoms with Gasteiger partial charge in [-0.3, -0.25) is 0 Å². The third-order valence-electron chi connectivity index (χ3n) is 2.96. The molecule has 0 aliphatic heterocycles.